The summed E-state index contributed by atoms with van der Waals surface area (Å²) in [5.74, 6) is 0.932. The molecule has 0 bridgehead atoms. The maximum absolute atomic E-state index is 12.3. The van der Waals surface area contributed by atoms with E-state index in [1.54, 1.807) is 7.11 Å². The lowest BCUT2D eigenvalue weighted by Gasteiger charge is -2.36. The molecule has 1 saturated carbocycles. The molecule has 0 radical (unpaired) electrons. The summed E-state index contributed by atoms with van der Waals surface area (Å²) in [5, 5.41) is 0. The van der Waals surface area contributed by atoms with Crippen LogP contribution in [0.25, 0.3) is 0 Å². The number of allylic oxidation sites excluding steroid dienone is 1. The third-order valence-corrected chi connectivity index (χ3v) is 5.58. The Labute approximate surface area is 120 Å². The summed E-state index contributed by atoms with van der Waals surface area (Å²) in [7, 11) is 0.529. The van der Waals surface area contributed by atoms with Crippen LogP contribution in [-0.4, -0.2) is 21.8 Å². The molecule has 19 heavy (non-hydrogen) atoms. The van der Waals surface area contributed by atoms with Crippen LogP contribution in [0, 0.1) is 11.8 Å². The second kappa shape index (κ2) is 6.06. The molecule has 112 valence electrons. The first-order chi connectivity index (χ1) is 8.60. The van der Waals surface area contributed by atoms with Gasteiger partial charge in [-0.2, -0.15) is 0 Å². The van der Waals surface area contributed by atoms with Gasteiger partial charge in [0.15, 0.2) is 0 Å². The monoisotopic (exact) mass is 287 g/mol. The highest BCUT2D eigenvalue weighted by atomic mass is 32.2. The van der Waals surface area contributed by atoms with Crippen LogP contribution in [0.4, 0.5) is 0 Å². The molecule has 1 N–H and O–H groups in total. The Bertz CT molecular complexity index is 369. The van der Waals surface area contributed by atoms with Gasteiger partial charge in [-0.25, -0.2) is 8.93 Å². The summed E-state index contributed by atoms with van der Waals surface area (Å²) in [6.07, 6.45) is 4.87. The van der Waals surface area contributed by atoms with Gasteiger partial charge < -0.3 is 4.74 Å². The number of nitrogens with one attached hydrogen (secondary N) is 1. The molecule has 1 aliphatic rings. The Morgan fingerprint density at radius 2 is 1.89 bits per heavy atom. The lowest BCUT2D eigenvalue weighted by atomic mass is 9.96. The fourth-order valence-electron chi connectivity index (χ4n) is 1.89. The summed E-state index contributed by atoms with van der Waals surface area (Å²) in [5.41, 5.74) is 0.827. The van der Waals surface area contributed by atoms with Crippen molar-refractivity contribution in [2.45, 2.75) is 64.9 Å². The van der Waals surface area contributed by atoms with E-state index in [-0.39, 0.29) is 10.7 Å². The van der Waals surface area contributed by atoms with Crippen molar-refractivity contribution >= 4 is 11.0 Å². The molecule has 3 nitrogen and oxygen atoms in total. The summed E-state index contributed by atoms with van der Waals surface area (Å²) < 4.78 is 20.7. The van der Waals surface area contributed by atoms with Gasteiger partial charge in [0, 0.05) is 13.0 Å². The van der Waals surface area contributed by atoms with Crippen LogP contribution in [0.5, 0.6) is 0 Å². The van der Waals surface area contributed by atoms with Crippen molar-refractivity contribution in [3.05, 3.63) is 11.6 Å². The van der Waals surface area contributed by atoms with Gasteiger partial charge >= 0.3 is 0 Å². The van der Waals surface area contributed by atoms with Gasteiger partial charge in [0.25, 0.3) is 0 Å². The topological polar surface area (TPSA) is 38.3 Å². The molecule has 0 amide bonds. The molecule has 0 heterocycles. The van der Waals surface area contributed by atoms with E-state index in [0.717, 1.165) is 5.92 Å². The van der Waals surface area contributed by atoms with E-state index < -0.39 is 16.7 Å². The molecular weight excluding hydrogens is 258 g/mol. The Kier molecular flexibility index (Phi) is 5.38. The first-order valence-corrected chi connectivity index (χ1v) is 8.18. The van der Waals surface area contributed by atoms with E-state index in [1.807, 2.05) is 27.7 Å². The minimum Gasteiger partial charge on any atom is -0.363 e. The fraction of sp³-hybridized carbons (Fsp3) is 0.867. The van der Waals surface area contributed by atoms with Gasteiger partial charge in [0.05, 0.1) is 15.7 Å². The average molecular weight is 287 g/mol. The summed E-state index contributed by atoms with van der Waals surface area (Å²) >= 11 is 0. The zero-order valence-electron chi connectivity index (χ0n) is 13.4. The summed E-state index contributed by atoms with van der Waals surface area (Å²) in [4.78, 5) is 0. The van der Waals surface area contributed by atoms with Crippen molar-refractivity contribution in [3.8, 4) is 0 Å². The van der Waals surface area contributed by atoms with Crippen LogP contribution < -0.4 is 4.72 Å². The van der Waals surface area contributed by atoms with Crippen LogP contribution in [0.1, 0.15) is 54.4 Å². The Morgan fingerprint density at radius 3 is 2.26 bits per heavy atom. The van der Waals surface area contributed by atoms with Crippen LogP contribution >= 0.6 is 0 Å². The van der Waals surface area contributed by atoms with Gasteiger partial charge in [-0.1, -0.05) is 18.6 Å². The SMILES string of the molecule is CO[C@@](C)(NS(=O)C(C)(C)C)C(C)/C=C(\C)C1CC1. The quantitative estimate of drug-likeness (QED) is 0.600. The Morgan fingerprint density at radius 1 is 1.37 bits per heavy atom. The molecule has 0 aromatic carbocycles. The van der Waals surface area contributed by atoms with Gasteiger partial charge in [-0.15, -0.1) is 0 Å². The van der Waals surface area contributed by atoms with E-state index in [2.05, 4.69) is 24.6 Å². The summed E-state index contributed by atoms with van der Waals surface area (Å²) in [6, 6.07) is 0. The van der Waals surface area contributed by atoms with Crippen LogP contribution in [0.2, 0.25) is 0 Å². The minimum atomic E-state index is -1.14. The van der Waals surface area contributed by atoms with Crippen molar-refractivity contribution < 1.29 is 8.95 Å². The zero-order chi connectivity index (χ0) is 14.8. The maximum atomic E-state index is 12.3. The Hall–Kier alpha value is -0.190. The van der Waals surface area contributed by atoms with Crippen molar-refractivity contribution in [2.75, 3.05) is 7.11 Å². The molecule has 4 heteroatoms. The average Bonchev–Trinajstić information content (AvgIpc) is 3.10. The second-order valence-electron chi connectivity index (χ2n) is 6.77. The van der Waals surface area contributed by atoms with Crippen molar-refractivity contribution in [2.24, 2.45) is 11.8 Å². The molecule has 1 fully saturated rings. The Balaban J connectivity index is 2.78. The number of rotatable bonds is 6. The standard InChI is InChI=1S/C15H29NO2S/c1-11(13-8-9-13)10-12(2)15(6,18-7)16-19(17)14(3,4)5/h10,12-13,16H,8-9H2,1-7H3/b11-10+/t12?,15-,19?/m1/s1. The smallest absolute Gasteiger partial charge is 0.132 e. The van der Waals surface area contributed by atoms with E-state index in [1.165, 1.54) is 18.4 Å². The molecule has 2 unspecified atom stereocenters. The van der Waals surface area contributed by atoms with Gasteiger partial charge in [0.2, 0.25) is 0 Å². The number of methoxy groups -OCH3 is 1. The van der Waals surface area contributed by atoms with E-state index in [9.17, 15) is 4.21 Å². The molecular formula is C15H29NO2S. The van der Waals surface area contributed by atoms with Crippen LogP contribution in [0.15, 0.2) is 11.6 Å². The maximum Gasteiger partial charge on any atom is 0.132 e. The van der Waals surface area contributed by atoms with Gasteiger partial charge in [0.1, 0.15) is 5.72 Å². The largest absolute Gasteiger partial charge is 0.363 e. The molecule has 0 spiro atoms. The number of ether oxygens (including phenoxy) is 1. The lowest BCUT2D eigenvalue weighted by Crippen LogP contribution is -2.53. The predicted octanol–water partition coefficient (Wildman–Crippen LogP) is 3.39. The van der Waals surface area contributed by atoms with Crippen molar-refractivity contribution in [3.63, 3.8) is 0 Å². The molecule has 3 atom stereocenters. The van der Waals surface area contributed by atoms with Crippen molar-refractivity contribution in [1.29, 1.82) is 0 Å². The molecule has 1 rings (SSSR count). The molecule has 0 saturated heterocycles. The minimum absolute atomic E-state index is 0.171. The molecule has 0 aromatic heterocycles. The third-order valence-electron chi connectivity index (χ3n) is 3.88. The highest BCUT2D eigenvalue weighted by molar-refractivity contribution is 7.84. The van der Waals surface area contributed by atoms with E-state index in [0.29, 0.717) is 0 Å². The van der Waals surface area contributed by atoms with Crippen LogP contribution in [-0.2, 0) is 15.7 Å². The molecule has 0 aromatic rings. The second-order valence-corrected chi connectivity index (χ2v) is 8.73. The predicted molar refractivity (Wildman–Crippen MR) is 82.1 cm³/mol. The van der Waals surface area contributed by atoms with Gasteiger partial charge in [-0.05, 0) is 53.4 Å². The van der Waals surface area contributed by atoms with Crippen LogP contribution in [0.3, 0.4) is 0 Å². The fourth-order valence-corrected chi connectivity index (χ4v) is 2.83. The van der Waals surface area contributed by atoms with E-state index in [4.69, 9.17) is 4.74 Å². The number of hydrogen-bond acceptors (Lipinski definition) is 2. The van der Waals surface area contributed by atoms with Crippen molar-refractivity contribution in [1.82, 2.24) is 4.72 Å². The summed E-state index contributed by atoms with van der Waals surface area (Å²) in [6.45, 7) is 12.2. The highest BCUT2D eigenvalue weighted by Crippen LogP contribution is 2.37. The lowest BCUT2D eigenvalue weighted by molar-refractivity contribution is -0.0321. The molecule has 0 aliphatic heterocycles. The molecule has 1 aliphatic carbocycles. The first kappa shape index (κ1) is 16.9. The van der Waals surface area contributed by atoms with Gasteiger partial charge in [-0.3, -0.25) is 0 Å². The zero-order valence-corrected chi connectivity index (χ0v) is 14.2. The van der Waals surface area contributed by atoms with E-state index >= 15 is 0 Å². The normalized spacial score (nSPS) is 23.8. The number of hydrogen-bond donors (Lipinski definition) is 1. The highest BCUT2D eigenvalue weighted by Gasteiger charge is 2.35. The first-order valence-electron chi connectivity index (χ1n) is 7.03. The third kappa shape index (κ3) is 4.69.